The molecule has 5 heteroatoms. The molecule has 5 nitrogen and oxygen atoms in total. The van der Waals surface area contributed by atoms with Crippen LogP contribution >= 0.6 is 0 Å². The van der Waals surface area contributed by atoms with Crippen LogP contribution in [0.4, 0.5) is 0 Å². The fraction of sp³-hybridized carbons (Fsp3) is 0.222. The minimum atomic E-state index is -1.16. The maximum Gasteiger partial charge on any atom is 0.240 e. The number of nitrogens with one attached hydrogen (secondary N) is 1. The Bertz CT molecular complexity index is 964. The molecule has 162 valence electrons. The van der Waals surface area contributed by atoms with Gasteiger partial charge in [0.25, 0.3) is 0 Å². The quantitative estimate of drug-likeness (QED) is 0.378. The summed E-state index contributed by atoms with van der Waals surface area (Å²) < 4.78 is 0. The Hall–Kier alpha value is -3.91. The first-order valence-corrected chi connectivity index (χ1v) is 10.7. The number of benzene rings is 3. The summed E-state index contributed by atoms with van der Waals surface area (Å²) in [5.41, 5.74) is 6.86. The largest absolute Gasteiger partial charge is 0.368 e. The van der Waals surface area contributed by atoms with Crippen LogP contribution in [0.5, 0.6) is 0 Å². The molecule has 3 N–H and O–H groups in total. The van der Waals surface area contributed by atoms with Gasteiger partial charge in [-0.15, -0.1) is 0 Å². The molecule has 32 heavy (non-hydrogen) atoms. The highest BCUT2D eigenvalue weighted by Crippen LogP contribution is 2.39. The normalized spacial score (nSPS) is 11.8. The Morgan fingerprint density at radius 3 is 1.62 bits per heavy atom. The molecule has 0 bridgehead atoms. The first kappa shape index (κ1) is 22.8. The zero-order valence-corrected chi connectivity index (χ0v) is 17.9. The minimum Gasteiger partial charge on any atom is -0.368 e. The number of nitrogens with two attached hydrogens (primary N) is 1. The molecule has 0 spiro atoms. The number of carbonyl (C=O) groups is 2. The van der Waals surface area contributed by atoms with Crippen LogP contribution in [-0.4, -0.2) is 17.9 Å². The van der Waals surface area contributed by atoms with Crippen molar-refractivity contribution >= 4 is 11.8 Å². The van der Waals surface area contributed by atoms with Gasteiger partial charge in [-0.1, -0.05) is 91.0 Å². The van der Waals surface area contributed by atoms with E-state index in [0.717, 1.165) is 16.7 Å². The second-order valence-corrected chi connectivity index (χ2v) is 7.68. The SMILES string of the molecule is N#CCCCC[C@@H](NC(=O)C(c1ccccc1)(c1ccccc1)c1ccccc1)C(N)=O. The van der Waals surface area contributed by atoms with E-state index >= 15 is 0 Å². The lowest BCUT2D eigenvalue weighted by atomic mass is 9.68. The highest BCUT2D eigenvalue weighted by Gasteiger charge is 2.44. The average Bonchev–Trinajstić information content (AvgIpc) is 2.83. The summed E-state index contributed by atoms with van der Waals surface area (Å²) in [6, 6.07) is 29.9. The van der Waals surface area contributed by atoms with Gasteiger partial charge >= 0.3 is 0 Å². The maximum absolute atomic E-state index is 14.1. The first-order valence-electron chi connectivity index (χ1n) is 10.7. The van der Waals surface area contributed by atoms with E-state index in [1.165, 1.54) is 0 Å². The maximum atomic E-state index is 14.1. The van der Waals surface area contributed by atoms with Crippen molar-refractivity contribution in [1.29, 1.82) is 5.26 Å². The zero-order valence-electron chi connectivity index (χ0n) is 17.9. The van der Waals surface area contributed by atoms with Crippen LogP contribution in [0, 0.1) is 11.3 Å². The number of hydrogen-bond donors (Lipinski definition) is 2. The Balaban J connectivity index is 2.11. The topological polar surface area (TPSA) is 96.0 Å². The van der Waals surface area contributed by atoms with E-state index in [2.05, 4.69) is 11.4 Å². The molecule has 3 rings (SSSR count). The second-order valence-electron chi connectivity index (χ2n) is 7.68. The van der Waals surface area contributed by atoms with E-state index in [4.69, 9.17) is 11.0 Å². The average molecular weight is 426 g/mol. The smallest absolute Gasteiger partial charge is 0.240 e. The highest BCUT2D eigenvalue weighted by atomic mass is 16.2. The Kier molecular flexibility index (Phi) is 7.77. The third-order valence-electron chi connectivity index (χ3n) is 5.64. The summed E-state index contributed by atoms with van der Waals surface area (Å²) >= 11 is 0. The molecule has 0 aliphatic rings. The number of amides is 2. The molecule has 3 aromatic carbocycles. The van der Waals surface area contributed by atoms with Crippen LogP contribution in [-0.2, 0) is 15.0 Å². The fourth-order valence-electron chi connectivity index (χ4n) is 4.06. The molecule has 0 aliphatic heterocycles. The van der Waals surface area contributed by atoms with Crippen molar-refractivity contribution in [3.05, 3.63) is 108 Å². The van der Waals surface area contributed by atoms with E-state index < -0.39 is 17.4 Å². The number of carbonyl (C=O) groups excluding carboxylic acids is 2. The Labute approximate surface area is 188 Å². The van der Waals surface area contributed by atoms with Gasteiger partial charge in [0.2, 0.25) is 11.8 Å². The van der Waals surface area contributed by atoms with Crippen molar-refractivity contribution in [3.8, 4) is 6.07 Å². The summed E-state index contributed by atoms with van der Waals surface area (Å²) in [6.07, 6.45) is 2.06. The number of unbranched alkanes of at least 4 members (excludes halogenated alkanes) is 2. The number of primary amides is 1. The predicted molar refractivity (Wildman–Crippen MR) is 124 cm³/mol. The van der Waals surface area contributed by atoms with Crippen LogP contribution < -0.4 is 11.1 Å². The zero-order chi connectivity index (χ0) is 22.8. The lowest BCUT2D eigenvalue weighted by molar-refractivity contribution is -0.129. The predicted octanol–water partition coefficient (Wildman–Crippen LogP) is 4.08. The summed E-state index contributed by atoms with van der Waals surface area (Å²) in [6.45, 7) is 0. The number of nitrogens with zero attached hydrogens (tertiary/aromatic N) is 1. The standard InChI is InChI=1S/C27H27N3O2/c28-20-12-4-11-19-24(25(29)31)30-26(32)27(21-13-5-1-6-14-21,22-15-7-2-8-16-22)23-17-9-3-10-18-23/h1-3,5-10,13-18,24H,4,11-12,19H2,(H2,29,31)(H,30,32)/t24-/m1/s1. The van der Waals surface area contributed by atoms with E-state index in [1.807, 2.05) is 91.0 Å². The summed E-state index contributed by atoms with van der Waals surface area (Å²) in [5.74, 6) is -0.899. The van der Waals surface area contributed by atoms with Crippen molar-refractivity contribution in [2.24, 2.45) is 5.73 Å². The lowest BCUT2D eigenvalue weighted by Gasteiger charge is -2.35. The van der Waals surface area contributed by atoms with E-state index in [-0.39, 0.29) is 5.91 Å². The van der Waals surface area contributed by atoms with Gasteiger partial charge in [-0.2, -0.15) is 5.26 Å². The number of nitriles is 1. The molecule has 0 unspecified atom stereocenters. The van der Waals surface area contributed by atoms with Gasteiger partial charge in [0, 0.05) is 6.42 Å². The minimum absolute atomic E-state index is 0.315. The molecule has 0 aliphatic carbocycles. The van der Waals surface area contributed by atoms with Crippen LogP contribution in [0.25, 0.3) is 0 Å². The van der Waals surface area contributed by atoms with Crippen molar-refractivity contribution < 1.29 is 9.59 Å². The van der Waals surface area contributed by atoms with Gasteiger partial charge in [-0.05, 0) is 36.0 Å². The van der Waals surface area contributed by atoms with Crippen molar-refractivity contribution in [1.82, 2.24) is 5.32 Å². The molecular formula is C27H27N3O2. The van der Waals surface area contributed by atoms with E-state index in [1.54, 1.807) is 0 Å². The van der Waals surface area contributed by atoms with Crippen LogP contribution in [0.2, 0.25) is 0 Å². The third-order valence-corrected chi connectivity index (χ3v) is 5.64. The van der Waals surface area contributed by atoms with Crippen LogP contribution in [0.3, 0.4) is 0 Å². The molecule has 0 saturated heterocycles. The number of hydrogen-bond acceptors (Lipinski definition) is 3. The van der Waals surface area contributed by atoms with Gasteiger partial charge in [-0.25, -0.2) is 0 Å². The van der Waals surface area contributed by atoms with Crippen LogP contribution in [0.15, 0.2) is 91.0 Å². The van der Waals surface area contributed by atoms with E-state index in [0.29, 0.717) is 25.7 Å². The summed E-state index contributed by atoms with van der Waals surface area (Å²) in [5, 5.41) is 11.7. The van der Waals surface area contributed by atoms with E-state index in [9.17, 15) is 9.59 Å². The molecule has 0 aromatic heterocycles. The molecular weight excluding hydrogens is 398 g/mol. The number of rotatable bonds is 10. The molecule has 2 amide bonds. The van der Waals surface area contributed by atoms with Gasteiger partial charge < -0.3 is 11.1 Å². The van der Waals surface area contributed by atoms with Crippen molar-refractivity contribution in [2.75, 3.05) is 0 Å². The van der Waals surface area contributed by atoms with Gasteiger partial charge in [0.15, 0.2) is 0 Å². The molecule has 0 radical (unpaired) electrons. The molecule has 0 saturated carbocycles. The Morgan fingerprint density at radius 1 is 0.812 bits per heavy atom. The van der Waals surface area contributed by atoms with Crippen molar-refractivity contribution in [2.45, 2.75) is 37.1 Å². The molecule has 3 aromatic rings. The summed E-state index contributed by atoms with van der Waals surface area (Å²) in [7, 11) is 0. The van der Waals surface area contributed by atoms with Gasteiger partial charge in [-0.3, -0.25) is 9.59 Å². The third kappa shape index (κ3) is 4.87. The summed E-state index contributed by atoms with van der Waals surface area (Å²) in [4.78, 5) is 26.3. The highest BCUT2D eigenvalue weighted by molar-refractivity contribution is 5.98. The first-order chi connectivity index (χ1) is 15.6. The lowest BCUT2D eigenvalue weighted by Crippen LogP contribution is -2.53. The monoisotopic (exact) mass is 425 g/mol. The van der Waals surface area contributed by atoms with Gasteiger partial charge in [0.05, 0.1) is 6.07 Å². The second kappa shape index (κ2) is 10.9. The van der Waals surface area contributed by atoms with Gasteiger partial charge in [0.1, 0.15) is 11.5 Å². The van der Waals surface area contributed by atoms with Crippen LogP contribution in [0.1, 0.15) is 42.4 Å². The molecule has 0 fully saturated rings. The Morgan fingerprint density at radius 2 is 1.25 bits per heavy atom. The fourth-order valence-corrected chi connectivity index (χ4v) is 4.06. The van der Waals surface area contributed by atoms with Crippen molar-refractivity contribution in [3.63, 3.8) is 0 Å². The molecule has 1 atom stereocenters. The molecule has 0 heterocycles.